The van der Waals surface area contributed by atoms with Crippen LogP contribution in [-0.2, 0) is 0 Å². The number of nitrogens with one attached hydrogen (secondary N) is 1. The molecule has 2 heteroatoms. The summed E-state index contributed by atoms with van der Waals surface area (Å²) >= 11 is 1.84. The first-order valence-corrected chi connectivity index (χ1v) is 7.98. The largest absolute Gasteiger partial charge is 0.313 e. The van der Waals surface area contributed by atoms with Crippen molar-refractivity contribution < 1.29 is 0 Å². The summed E-state index contributed by atoms with van der Waals surface area (Å²) in [5.74, 6) is 0. The average molecular weight is 285 g/mol. The Bertz CT molecular complexity index is 556. The molecule has 20 heavy (non-hydrogen) atoms. The van der Waals surface area contributed by atoms with Gasteiger partial charge in [-0.15, -0.1) is 0 Å². The maximum Gasteiger partial charge on any atom is 0.0314 e. The summed E-state index contributed by atoms with van der Waals surface area (Å²) in [7, 11) is 2.02. The lowest BCUT2D eigenvalue weighted by molar-refractivity contribution is 0.576. The quantitative estimate of drug-likeness (QED) is 0.817. The third kappa shape index (κ3) is 3.65. The second-order valence-electron chi connectivity index (χ2n) is 5.19. The molecule has 1 atom stereocenters. The van der Waals surface area contributed by atoms with Gasteiger partial charge < -0.3 is 5.32 Å². The van der Waals surface area contributed by atoms with E-state index in [9.17, 15) is 0 Å². The highest BCUT2D eigenvalue weighted by molar-refractivity contribution is 7.99. The van der Waals surface area contributed by atoms with Gasteiger partial charge in [0, 0.05) is 15.8 Å². The highest BCUT2D eigenvalue weighted by Crippen LogP contribution is 2.31. The van der Waals surface area contributed by atoms with E-state index in [0.29, 0.717) is 6.04 Å². The van der Waals surface area contributed by atoms with Gasteiger partial charge in [-0.1, -0.05) is 48.5 Å². The van der Waals surface area contributed by atoms with Crippen LogP contribution in [0.5, 0.6) is 0 Å². The Hall–Kier alpha value is -1.25. The van der Waals surface area contributed by atoms with Crippen LogP contribution in [-0.4, -0.2) is 7.05 Å². The Morgan fingerprint density at radius 3 is 2.30 bits per heavy atom. The lowest BCUT2D eigenvalue weighted by Crippen LogP contribution is -2.14. The van der Waals surface area contributed by atoms with E-state index >= 15 is 0 Å². The van der Waals surface area contributed by atoms with E-state index in [1.165, 1.54) is 26.5 Å². The topological polar surface area (TPSA) is 12.0 Å². The third-order valence-corrected chi connectivity index (χ3v) is 4.78. The molecule has 1 nitrogen and oxygen atoms in total. The van der Waals surface area contributed by atoms with E-state index < -0.39 is 0 Å². The Morgan fingerprint density at radius 1 is 1.05 bits per heavy atom. The van der Waals surface area contributed by atoms with Gasteiger partial charge in [0.2, 0.25) is 0 Å². The fraction of sp³-hybridized carbons (Fsp3) is 0.333. The smallest absolute Gasteiger partial charge is 0.0314 e. The summed E-state index contributed by atoms with van der Waals surface area (Å²) in [5, 5.41) is 3.35. The molecule has 0 aliphatic rings. The SMILES string of the molecule is CCC(NC)c1ccc(Sc2ccc(C)cc2C)cc1. The normalized spacial score (nSPS) is 12.4. The first kappa shape index (κ1) is 15.1. The second-order valence-corrected chi connectivity index (χ2v) is 6.30. The van der Waals surface area contributed by atoms with Gasteiger partial charge in [0.15, 0.2) is 0 Å². The number of hydrogen-bond acceptors (Lipinski definition) is 2. The van der Waals surface area contributed by atoms with Crippen molar-refractivity contribution in [2.24, 2.45) is 0 Å². The maximum atomic E-state index is 3.35. The van der Waals surface area contributed by atoms with Crippen LogP contribution < -0.4 is 5.32 Å². The molecule has 0 radical (unpaired) electrons. The molecule has 2 aromatic rings. The highest BCUT2D eigenvalue weighted by Gasteiger charge is 2.07. The van der Waals surface area contributed by atoms with E-state index in [0.717, 1.165) is 6.42 Å². The van der Waals surface area contributed by atoms with Crippen molar-refractivity contribution in [3.63, 3.8) is 0 Å². The van der Waals surface area contributed by atoms with Crippen LogP contribution in [0.3, 0.4) is 0 Å². The Balaban J connectivity index is 2.14. The van der Waals surface area contributed by atoms with Crippen molar-refractivity contribution in [3.05, 3.63) is 59.2 Å². The molecule has 0 saturated carbocycles. The molecule has 0 amide bonds. The van der Waals surface area contributed by atoms with E-state index in [4.69, 9.17) is 0 Å². The zero-order valence-electron chi connectivity index (χ0n) is 12.7. The van der Waals surface area contributed by atoms with Crippen molar-refractivity contribution in [1.29, 1.82) is 0 Å². The number of aryl methyl sites for hydroxylation is 2. The number of rotatable bonds is 5. The zero-order chi connectivity index (χ0) is 14.5. The Kier molecular flexibility index (Phi) is 5.27. The minimum Gasteiger partial charge on any atom is -0.313 e. The summed E-state index contributed by atoms with van der Waals surface area (Å²) in [6, 6.07) is 16.0. The van der Waals surface area contributed by atoms with Gasteiger partial charge in [0.05, 0.1) is 0 Å². The minimum atomic E-state index is 0.454. The summed E-state index contributed by atoms with van der Waals surface area (Å²) in [5.41, 5.74) is 4.03. The van der Waals surface area contributed by atoms with Crippen LogP contribution in [0.4, 0.5) is 0 Å². The van der Waals surface area contributed by atoms with E-state index in [-0.39, 0.29) is 0 Å². The lowest BCUT2D eigenvalue weighted by atomic mass is 10.1. The van der Waals surface area contributed by atoms with Crippen molar-refractivity contribution in [3.8, 4) is 0 Å². The highest BCUT2D eigenvalue weighted by atomic mass is 32.2. The number of benzene rings is 2. The van der Waals surface area contributed by atoms with Crippen LogP contribution >= 0.6 is 11.8 Å². The van der Waals surface area contributed by atoms with Gasteiger partial charge in [-0.25, -0.2) is 0 Å². The van der Waals surface area contributed by atoms with Gasteiger partial charge in [-0.05, 0) is 56.6 Å². The van der Waals surface area contributed by atoms with Gasteiger partial charge in [-0.2, -0.15) is 0 Å². The van der Waals surface area contributed by atoms with Crippen LogP contribution in [0.25, 0.3) is 0 Å². The van der Waals surface area contributed by atoms with Gasteiger partial charge in [-0.3, -0.25) is 0 Å². The predicted octanol–water partition coefficient (Wildman–Crippen LogP) is 5.13. The van der Waals surface area contributed by atoms with Gasteiger partial charge in [0.25, 0.3) is 0 Å². The fourth-order valence-corrected chi connectivity index (χ4v) is 3.30. The van der Waals surface area contributed by atoms with E-state index in [2.05, 4.69) is 68.6 Å². The Morgan fingerprint density at radius 2 is 1.75 bits per heavy atom. The van der Waals surface area contributed by atoms with E-state index in [1.807, 2.05) is 18.8 Å². The second kappa shape index (κ2) is 6.96. The number of hydrogen-bond donors (Lipinski definition) is 1. The molecular formula is C18H23NS. The molecule has 0 aliphatic heterocycles. The summed E-state index contributed by atoms with van der Waals surface area (Å²) in [4.78, 5) is 2.63. The molecule has 2 aromatic carbocycles. The molecule has 0 saturated heterocycles. The van der Waals surface area contributed by atoms with Crippen molar-refractivity contribution in [2.45, 2.75) is 43.0 Å². The molecule has 0 aromatic heterocycles. The molecule has 106 valence electrons. The monoisotopic (exact) mass is 285 g/mol. The van der Waals surface area contributed by atoms with Gasteiger partial charge >= 0.3 is 0 Å². The molecule has 0 aliphatic carbocycles. The van der Waals surface area contributed by atoms with Crippen molar-refractivity contribution in [2.75, 3.05) is 7.05 Å². The molecule has 0 heterocycles. The van der Waals surface area contributed by atoms with Crippen LogP contribution in [0.15, 0.2) is 52.3 Å². The summed E-state index contributed by atoms with van der Waals surface area (Å²) in [6.07, 6.45) is 1.11. The zero-order valence-corrected chi connectivity index (χ0v) is 13.6. The molecule has 0 bridgehead atoms. The van der Waals surface area contributed by atoms with Crippen LogP contribution in [0, 0.1) is 13.8 Å². The van der Waals surface area contributed by atoms with Crippen LogP contribution in [0.1, 0.15) is 36.1 Å². The van der Waals surface area contributed by atoms with E-state index in [1.54, 1.807) is 0 Å². The standard InChI is InChI=1S/C18H23NS/c1-5-17(19-4)15-7-9-16(10-8-15)20-18-11-6-13(2)12-14(18)3/h6-12,17,19H,5H2,1-4H3. The molecule has 1 N–H and O–H groups in total. The first-order chi connectivity index (χ1) is 9.63. The molecule has 2 rings (SSSR count). The maximum absolute atomic E-state index is 3.35. The predicted molar refractivity (Wildman–Crippen MR) is 88.6 cm³/mol. The lowest BCUT2D eigenvalue weighted by Gasteiger charge is -2.14. The third-order valence-electron chi connectivity index (χ3n) is 3.60. The first-order valence-electron chi connectivity index (χ1n) is 7.16. The summed E-state index contributed by atoms with van der Waals surface area (Å²) in [6.45, 7) is 6.52. The Labute approximate surface area is 126 Å². The molecule has 0 spiro atoms. The molecular weight excluding hydrogens is 262 g/mol. The minimum absolute atomic E-state index is 0.454. The van der Waals surface area contributed by atoms with Crippen LogP contribution in [0.2, 0.25) is 0 Å². The fourth-order valence-electron chi connectivity index (χ4n) is 2.42. The molecule has 0 fully saturated rings. The average Bonchev–Trinajstić information content (AvgIpc) is 2.45. The summed E-state index contributed by atoms with van der Waals surface area (Å²) < 4.78 is 0. The van der Waals surface area contributed by atoms with Gasteiger partial charge in [0.1, 0.15) is 0 Å². The van der Waals surface area contributed by atoms with Crippen molar-refractivity contribution >= 4 is 11.8 Å². The molecule has 1 unspecified atom stereocenters. The van der Waals surface area contributed by atoms with Crippen molar-refractivity contribution in [1.82, 2.24) is 5.32 Å².